The molecule has 3 aromatic rings. The molecule has 1 atom stereocenters. The highest BCUT2D eigenvalue weighted by Crippen LogP contribution is 2.32. The Morgan fingerprint density at radius 1 is 1.15 bits per heavy atom. The number of nitrogens with zero attached hydrogens (tertiary/aromatic N) is 3. The van der Waals surface area contributed by atoms with Gasteiger partial charge in [-0.25, -0.2) is 0 Å². The van der Waals surface area contributed by atoms with E-state index in [4.69, 9.17) is 16.3 Å². The molecule has 3 rings (SSSR count). The second-order valence-electron chi connectivity index (χ2n) is 8.23. The summed E-state index contributed by atoms with van der Waals surface area (Å²) >= 11 is 7.82. The van der Waals surface area contributed by atoms with E-state index in [0.717, 1.165) is 28.8 Å². The average Bonchev–Trinajstić information content (AvgIpc) is 3.17. The molecule has 0 aliphatic rings. The summed E-state index contributed by atoms with van der Waals surface area (Å²) in [5.41, 5.74) is 3.89. The molecule has 8 heteroatoms. The summed E-state index contributed by atoms with van der Waals surface area (Å²) in [4.78, 5) is 13.1. The lowest BCUT2D eigenvalue weighted by molar-refractivity contribution is -0.115. The lowest BCUT2D eigenvalue weighted by Crippen LogP contribution is -2.24. The lowest BCUT2D eigenvalue weighted by atomic mass is 9.98. The van der Waals surface area contributed by atoms with Crippen LogP contribution in [0.25, 0.3) is 11.4 Å². The SMILES string of the molecule is COCCCn1c(SC(C)C(=O)Nc2c(C)cccc2C(C)C)nnc1-c1ccccc1Cl. The van der Waals surface area contributed by atoms with Gasteiger partial charge in [0.1, 0.15) is 0 Å². The van der Waals surface area contributed by atoms with Crippen LogP contribution in [0.3, 0.4) is 0 Å². The van der Waals surface area contributed by atoms with E-state index in [1.165, 1.54) is 11.8 Å². The topological polar surface area (TPSA) is 69.0 Å². The number of anilines is 1. The molecule has 0 aliphatic heterocycles. The molecule has 6 nitrogen and oxygen atoms in total. The normalized spacial score (nSPS) is 12.2. The van der Waals surface area contributed by atoms with Gasteiger partial charge in [-0.1, -0.05) is 67.5 Å². The number of ether oxygens (including phenoxy) is 1. The van der Waals surface area contributed by atoms with Crippen molar-refractivity contribution in [2.24, 2.45) is 0 Å². The van der Waals surface area contributed by atoms with Gasteiger partial charge in [-0.15, -0.1) is 10.2 Å². The molecule has 33 heavy (non-hydrogen) atoms. The first-order valence-electron chi connectivity index (χ1n) is 11.1. The Morgan fingerprint density at radius 3 is 2.61 bits per heavy atom. The minimum absolute atomic E-state index is 0.0677. The predicted octanol–water partition coefficient (Wildman–Crippen LogP) is 6.19. The molecule has 0 spiro atoms. The second kappa shape index (κ2) is 11.7. The van der Waals surface area contributed by atoms with Gasteiger partial charge in [-0.05, 0) is 49.4 Å². The van der Waals surface area contributed by atoms with Crippen LogP contribution < -0.4 is 5.32 Å². The maximum absolute atomic E-state index is 13.1. The quantitative estimate of drug-likeness (QED) is 0.273. The predicted molar refractivity (Wildman–Crippen MR) is 136 cm³/mol. The molecule has 2 aromatic carbocycles. The molecule has 0 saturated carbocycles. The van der Waals surface area contributed by atoms with Crippen molar-refractivity contribution in [3.05, 3.63) is 58.6 Å². The van der Waals surface area contributed by atoms with Crippen LogP contribution in [0, 0.1) is 6.92 Å². The molecule has 1 aromatic heterocycles. The number of methoxy groups -OCH3 is 1. The van der Waals surface area contributed by atoms with Crippen molar-refractivity contribution in [3.63, 3.8) is 0 Å². The molecular formula is C25H31ClN4O2S. The Balaban J connectivity index is 1.84. The summed E-state index contributed by atoms with van der Waals surface area (Å²) in [5, 5.41) is 12.9. The number of thioether (sulfide) groups is 1. The van der Waals surface area contributed by atoms with Crippen molar-refractivity contribution in [2.45, 2.75) is 57.0 Å². The Kier molecular flexibility index (Phi) is 8.95. The third-order valence-electron chi connectivity index (χ3n) is 5.39. The molecule has 0 aliphatic carbocycles. The number of halogens is 1. The number of hydrogen-bond donors (Lipinski definition) is 1. The summed E-state index contributed by atoms with van der Waals surface area (Å²) in [6.07, 6.45) is 0.793. The zero-order chi connectivity index (χ0) is 24.0. The zero-order valence-electron chi connectivity index (χ0n) is 19.8. The van der Waals surface area contributed by atoms with Crippen molar-refractivity contribution in [1.82, 2.24) is 14.8 Å². The summed E-state index contributed by atoms with van der Waals surface area (Å²) in [7, 11) is 1.68. The average molecular weight is 487 g/mol. The second-order valence-corrected chi connectivity index (χ2v) is 9.94. The molecule has 1 heterocycles. The van der Waals surface area contributed by atoms with Crippen molar-refractivity contribution in [1.29, 1.82) is 0 Å². The molecule has 0 bridgehead atoms. The molecule has 0 saturated heterocycles. The maximum atomic E-state index is 13.1. The van der Waals surface area contributed by atoms with Gasteiger partial charge in [0.2, 0.25) is 5.91 Å². The largest absolute Gasteiger partial charge is 0.385 e. The van der Waals surface area contributed by atoms with Gasteiger partial charge in [-0.2, -0.15) is 0 Å². The van der Waals surface area contributed by atoms with Crippen LogP contribution in [-0.2, 0) is 16.1 Å². The molecule has 1 N–H and O–H groups in total. The first kappa shape index (κ1) is 25.3. The molecule has 1 amide bonds. The van der Waals surface area contributed by atoms with E-state index in [9.17, 15) is 4.79 Å². The van der Waals surface area contributed by atoms with Crippen LogP contribution in [0.1, 0.15) is 44.2 Å². The third kappa shape index (κ3) is 6.16. The van der Waals surface area contributed by atoms with Gasteiger partial charge >= 0.3 is 0 Å². The smallest absolute Gasteiger partial charge is 0.237 e. The molecule has 1 unspecified atom stereocenters. The van der Waals surface area contributed by atoms with E-state index in [2.05, 4.69) is 35.4 Å². The first-order chi connectivity index (χ1) is 15.8. The highest BCUT2D eigenvalue weighted by atomic mass is 35.5. The fraction of sp³-hybridized carbons (Fsp3) is 0.400. The van der Waals surface area contributed by atoms with Crippen LogP contribution in [0.5, 0.6) is 0 Å². The van der Waals surface area contributed by atoms with Crippen molar-refractivity contribution >= 4 is 35.0 Å². The van der Waals surface area contributed by atoms with E-state index in [-0.39, 0.29) is 11.2 Å². The standard InChI is InChI=1S/C25H31ClN4O2S/c1-16(2)19-12-8-10-17(3)22(19)27-24(31)18(4)33-25-29-28-23(30(25)14-9-15-32-5)20-11-6-7-13-21(20)26/h6-8,10-13,16,18H,9,14-15H2,1-5H3,(H,27,31). The summed E-state index contributed by atoms with van der Waals surface area (Å²) < 4.78 is 7.24. The monoisotopic (exact) mass is 486 g/mol. The number of carbonyl (C=O) groups excluding carboxylic acids is 1. The summed E-state index contributed by atoms with van der Waals surface area (Å²) in [5.74, 6) is 0.931. The molecule has 0 fully saturated rings. The van der Waals surface area contributed by atoms with E-state index < -0.39 is 0 Å². The molecular weight excluding hydrogens is 456 g/mol. The van der Waals surface area contributed by atoms with Crippen LogP contribution in [-0.4, -0.2) is 39.6 Å². The highest BCUT2D eigenvalue weighted by molar-refractivity contribution is 8.00. The number of carbonyl (C=O) groups is 1. The van der Waals surface area contributed by atoms with Gasteiger partial charge in [0.25, 0.3) is 0 Å². The number of aromatic nitrogens is 3. The fourth-order valence-electron chi connectivity index (χ4n) is 3.57. The van der Waals surface area contributed by atoms with Crippen LogP contribution in [0.4, 0.5) is 5.69 Å². The Morgan fingerprint density at radius 2 is 1.91 bits per heavy atom. The third-order valence-corrected chi connectivity index (χ3v) is 6.80. The van der Waals surface area contributed by atoms with E-state index in [1.54, 1.807) is 7.11 Å². The Hall–Kier alpha value is -2.35. The fourth-order valence-corrected chi connectivity index (χ4v) is 4.66. The number of para-hydroxylation sites is 1. The van der Waals surface area contributed by atoms with E-state index >= 15 is 0 Å². The zero-order valence-corrected chi connectivity index (χ0v) is 21.3. The van der Waals surface area contributed by atoms with Crippen molar-refractivity contribution in [2.75, 3.05) is 19.0 Å². The number of amides is 1. The van der Waals surface area contributed by atoms with Crippen LogP contribution in [0.15, 0.2) is 47.6 Å². The lowest BCUT2D eigenvalue weighted by Gasteiger charge is -2.19. The Bertz CT molecular complexity index is 1100. The summed E-state index contributed by atoms with van der Waals surface area (Å²) in [6.45, 7) is 9.43. The van der Waals surface area contributed by atoms with E-state index in [0.29, 0.717) is 35.1 Å². The number of hydrogen-bond acceptors (Lipinski definition) is 5. The first-order valence-corrected chi connectivity index (χ1v) is 12.3. The number of rotatable bonds is 10. The van der Waals surface area contributed by atoms with Crippen molar-refractivity contribution < 1.29 is 9.53 Å². The minimum Gasteiger partial charge on any atom is -0.385 e. The Labute approximate surface area is 205 Å². The summed E-state index contributed by atoms with van der Waals surface area (Å²) in [6, 6.07) is 13.7. The molecule has 0 radical (unpaired) electrons. The van der Waals surface area contributed by atoms with Crippen LogP contribution >= 0.6 is 23.4 Å². The van der Waals surface area contributed by atoms with E-state index in [1.807, 2.05) is 54.8 Å². The number of benzene rings is 2. The van der Waals surface area contributed by atoms with Gasteiger partial charge in [0, 0.05) is 31.5 Å². The number of nitrogens with one attached hydrogen (secondary N) is 1. The van der Waals surface area contributed by atoms with Gasteiger partial charge in [0.15, 0.2) is 11.0 Å². The number of aryl methyl sites for hydroxylation is 1. The van der Waals surface area contributed by atoms with Gasteiger partial charge < -0.3 is 14.6 Å². The van der Waals surface area contributed by atoms with Crippen LogP contribution in [0.2, 0.25) is 5.02 Å². The highest BCUT2D eigenvalue weighted by Gasteiger charge is 2.23. The molecule has 176 valence electrons. The van der Waals surface area contributed by atoms with Gasteiger partial charge in [-0.3, -0.25) is 4.79 Å². The minimum atomic E-state index is -0.367. The van der Waals surface area contributed by atoms with Gasteiger partial charge in [0.05, 0.1) is 10.3 Å². The van der Waals surface area contributed by atoms with Crippen molar-refractivity contribution in [3.8, 4) is 11.4 Å². The maximum Gasteiger partial charge on any atom is 0.237 e.